The molecule has 3 nitrogen and oxygen atoms in total. The van der Waals surface area contributed by atoms with Crippen LogP contribution in [0, 0.1) is 52.3 Å². The topological polar surface area (TPSA) is 35.5 Å². The molecule has 0 spiro atoms. The van der Waals surface area contributed by atoms with Crippen LogP contribution in [0.15, 0.2) is 0 Å². The van der Waals surface area contributed by atoms with Gasteiger partial charge >= 0.3 is 5.97 Å². The number of rotatable bonds is 6. The van der Waals surface area contributed by atoms with E-state index in [0.717, 1.165) is 41.9 Å². The van der Waals surface area contributed by atoms with Gasteiger partial charge in [-0.2, -0.15) is 0 Å². The van der Waals surface area contributed by atoms with E-state index in [1.807, 2.05) is 0 Å². The van der Waals surface area contributed by atoms with Crippen LogP contribution in [0.1, 0.15) is 113 Å². The van der Waals surface area contributed by atoms with Crippen molar-refractivity contribution in [2.75, 3.05) is 7.11 Å². The van der Waals surface area contributed by atoms with Crippen molar-refractivity contribution < 1.29 is 14.0 Å². The van der Waals surface area contributed by atoms with Gasteiger partial charge in [-0.3, -0.25) is 4.79 Å². The maximum Gasteiger partial charge on any atom is 0.305 e. The summed E-state index contributed by atoms with van der Waals surface area (Å²) in [5.41, 5.74) is 0.863. The van der Waals surface area contributed by atoms with Gasteiger partial charge in [0.05, 0.1) is 7.11 Å². The number of carbonyl (C=O) groups excluding carboxylic acids is 1. The maximum atomic E-state index is 11.9. The Morgan fingerprint density at radius 2 is 1.61 bits per heavy atom. The largest absolute Gasteiger partial charge is 0.469 e. The average Bonchev–Trinajstić information content (AvgIpc) is 3.14. The van der Waals surface area contributed by atoms with Crippen LogP contribution in [-0.4, -0.2) is 27.5 Å². The summed E-state index contributed by atoms with van der Waals surface area (Å²) in [6.45, 7) is 22.4. The first-order valence-electron chi connectivity index (χ1n) is 15.4. The van der Waals surface area contributed by atoms with Crippen LogP contribution in [0.2, 0.25) is 18.1 Å². The lowest BCUT2D eigenvalue weighted by atomic mass is 9.43. The van der Waals surface area contributed by atoms with Crippen molar-refractivity contribution >= 4 is 14.3 Å². The molecule has 0 aromatic rings. The Bertz CT molecular complexity index is 802. The van der Waals surface area contributed by atoms with E-state index in [4.69, 9.17) is 9.16 Å². The van der Waals surface area contributed by atoms with Crippen LogP contribution < -0.4 is 0 Å². The van der Waals surface area contributed by atoms with Gasteiger partial charge in [0.1, 0.15) is 0 Å². The zero-order chi connectivity index (χ0) is 26.7. The summed E-state index contributed by atoms with van der Waals surface area (Å²) in [4.78, 5) is 11.9. The standard InChI is InChI=1S/C32H58O3Si/c1-21-15-17-32(7)26-16-18-31(6)24(22(2)11-14-29(33)34-8)12-13-25(31)23(26)20-28(27(32)19-21)35-36(9,10)30(3,4)5/h21-28H,11-20H2,1-10H3/t21-,22-,23?,24-,25?,26?,27+,28+,31-,32-/m1/s1. The molecule has 0 aromatic heterocycles. The predicted octanol–water partition coefficient (Wildman–Crippen LogP) is 8.87. The molecule has 0 radical (unpaired) electrons. The van der Waals surface area contributed by atoms with Gasteiger partial charge in [0.2, 0.25) is 0 Å². The lowest BCUT2D eigenvalue weighted by molar-refractivity contribution is -0.161. The van der Waals surface area contributed by atoms with E-state index in [0.29, 0.717) is 29.3 Å². The molecule has 0 amide bonds. The summed E-state index contributed by atoms with van der Waals surface area (Å²) < 4.78 is 12.4. The molecule has 0 saturated heterocycles. The Kier molecular flexibility index (Phi) is 7.95. The van der Waals surface area contributed by atoms with E-state index in [-0.39, 0.29) is 11.0 Å². The molecule has 0 aliphatic heterocycles. The molecule has 0 N–H and O–H groups in total. The molecule has 4 heteroatoms. The van der Waals surface area contributed by atoms with Gasteiger partial charge in [-0.05, 0) is 122 Å². The number of fused-ring (bicyclic) bond motifs is 5. The molecule has 10 atom stereocenters. The first-order valence-corrected chi connectivity index (χ1v) is 18.3. The molecule has 36 heavy (non-hydrogen) atoms. The summed E-state index contributed by atoms with van der Waals surface area (Å²) in [6.07, 6.45) is 13.0. The summed E-state index contributed by atoms with van der Waals surface area (Å²) >= 11 is 0. The number of ether oxygens (including phenoxy) is 1. The molecule has 0 aromatic carbocycles. The summed E-state index contributed by atoms with van der Waals surface area (Å²) in [7, 11) is -0.313. The van der Waals surface area contributed by atoms with E-state index in [9.17, 15) is 4.79 Å². The molecule has 3 unspecified atom stereocenters. The minimum atomic E-state index is -1.83. The van der Waals surface area contributed by atoms with Gasteiger partial charge in [0.25, 0.3) is 0 Å². The normalized spacial score (nSPS) is 43.8. The zero-order valence-electron chi connectivity index (χ0n) is 25.4. The third kappa shape index (κ3) is 4.89. The van der Waals surface area contributed by atoms with E-state index in [1.165, 1.54) is 58.5 Å². The second kappa shape index (κ2) is 9.99. The fraction of sp³-hybridized carbons (Fsp3) is 0.969. The smallest absolute Gasteiger partial charge is 0.305 e. The third-order valence-electron chi connectivity index (χ3n) is 13.0. The monoisotopic (exact) mass is 518 g/mol. The average molecular weight is 519 g/mol. The van der Waals surface area contributed by atoms with Gasteiger partial charge in [0, 0.05) is 12.5 Å². The first kappa shape index (κ1) is 28.6. The van der Waals surface area contributed by atoms with Gasteiger partial charge in [-0.25, -0.2) is 0 Å². The molecular weight excluding hydrogens is 460 g/mol. The summed E-state index contributed by atoms with van der Waals surface area (Å²) in [5, 5.41) is 0.259. The van der Waals surface area contributed by atoms with Gasteiger partial charge in [-0.1, -0.05) is 54.9 Å². The fourth-order valence-electron chi connectivity index (χ4n) is 9.78. The second-order valence-electron chi connectivity index (χ2n) is 15.8. The highest BCUT2D eigenvalue weighted by Gasteiger charge is 2.63. The van der Waals surface area contributed by atoms with Crippen LogP contribution in [-0.2, 0) is 14.0 Å². The molecule has 4 aliphatic rings. The SMILES string of the molecule is COC(=O)CC[C@@H](C)[C@H]1CCC2C3C[C@H](O[Si](C)(C)C(C)(C)C)[C@@H]4C[C@H](C)CC[C@]4(C)C3CC[C@@]21C. The lowest BCUT2D eigenvalue weighted by Gasteiger charge is -2.64. The Morgan fingerprint density at radius 3 is 2.25 bits per heavy atom. The Morgan fingerprint density at radius 1 is 0.972 bits per heavy atom. The van der Waals surface area contributed by atoms with Crippen LogP contribution in [0.5, 0.6) is 0 Å². The first-order chi connectivity index (χ1) is 16.6. The van der Waals surface area contributed by atoms with Crippen LogP contribution in [0.3, 0.4) is 0 Å². The highest BCUT2D eigenvalue weighted by Crippen LogP contribution is 2.69. The second-order valence-corrected chi connectivity index (χ2v) is 20.6. The predicted molar refractivity (Wildman–Crippen MR) is 152 cm³/mol. The van der Waals surface area contributed by atoms with Crippen molar-refractivity contribution in [2.24, 2.45) is 52.3 Å². The maximum absolute atomic E-state index is 11.9. The summed E-state index contributed by atoms with van der Waals surface area (Å²) in [5.74, 6) is 5.37. The van der Waals surface area contributed by atoms with E-state index in [2.05, 4.69) is 61.6 Å². The van der Waals surface area contributed by atoms with Crippen molar-refractivity contribution in [1.29, 1.82) is 0 Å². The molecule has 4 saturated carbocycles. The Hall–Kier alpha value is -0.353. The molecule has 4 aliphatic carbocycles. The number of methoxy groups -OCH3 is 1. The van der Waals surface area contributed by atoms with Gasteiger partial charge in [-0.15, -0.1) is 0 Å². The molecule has 208 valence electrons. The number of carbonyl (C=O) groups is 1. The highest BCUT2D eigenvalue weighted by atomic mass is 28.4. The van der Waals surface area contributed by atoms with Crippen LogP contribution in [0.4, 0.5) is 0 Å². The molecule has 0 heterocycles. The molecular formula is C32H58O3Si. The van der Waals surface area contributed by atoms with Crippen LogP contribution in [0.25, 0.3) is 0 Å². The fourth-order valence-corrected chi connectivity index (χ4v) is 11.1. The lowest BCUT2D eigenvalue weighted by Crippen LogP contribution is -2.60. The van der Waals surface area contributed by atoms with E-state index < -0.39 is 8.32 Å². The Balaban J connectivity index is 1.60. The quantitative estimate of drug-likeness (QED) is 0.260. The number of hydrogen-bond donors (Lipinski definition) is 0. The highest BCUT2D eigenvalue weighted by molar-refractivity contribution is 6.74. The summed E-state index contributed by atoms with van der Waals surface area (Å²) in [6, 6.07) is 0. The van der Waals surface area contributed by atoms with Crippen molar-refractivity contribution in [1.82, 2.24) is 0 Å². The molecule has 0 bridgehead atoms. The van der Waals surface area contributed by atoms with Gasteiger partial charge < -0.3 is 9.16 Å². The van der Waals surface area contributed by atoms with Crippen molar-refractivity contribution in [2.45, 2.75) is 137 Å². The van der Waals surface area contributed by atoms with E-state index in [1.54, 1.807) is 0 Å². The van der Waals surface area contributed by atoms with Crippen molar-refractivity contribution in [3.63, 3.8) is 0 Å². The van der Waals surface area contributed by atoms with Gasteiger partial charge in [0.15, 0.2) is 8.32 Å². The zero-order valence-corrected chi connectivity index (χ0v) is 26.4. The Labute approximate surface area is 224 Å². The van der Waals surface area contributed by atoms with Crippen molar-refractivity contribution in [3.8, 4) is 0 Å². The molecule has 4 fully saturated rings. The number of esters is 1. The molecule has 4 rings (SSSR count). The minimum absolute atomic E-state index is 0.0475. The van der Waals surface area contributed by atoms with E-state index >= 15 is 0 Å². The third-order valence-corrected chi connectivity index (χ3v) is 17.5. The minimum Gasteiger partial charge on any atom is -0.469 e. The van der Waals surface area contributed by atoms with Crippen molar-refractivity contribution in [3.05, 3.63) is 0 Å². The number of hydrogen-bond acceptors (Lipinski definition) is 3. The van der Waals surface area contributed by atoms with Crippen LogP contribution >= 0.6 is 0 Å².